The maximum Gasteiger partial charge on any atom is 0.239 e. The lowest BCUT2D eigenvalue weighted by atomic mass is 10.0. The molecule has 2 aliphatic rings. The number of anilines is 1. The quantitative estimate of drug-likeness (QED) is 0.822. The first-order valence-electron chi connectivity index (χ1n) is 6.54. The van der Waals surface area contributed by atoms with Gasteiger partial charge in [-0.05, 0) is 37.0 Å². The van der Waals surface area contributed by atoms with Gasteiger partial charge in [-0.2, -0.15) is 0 Å². The van der Waals surface area contributed by atoms with Crippen LogP contribution in [0.15, 0.2) is 24.3 Å². The first kappa shape index (κ1) is 11.5. The monoisotopic (exact) mass is 245 g/mol. The van der Waals surface area contributed by atoms with E-state index in [1.54, 1.807) is 0 Å². The molecule has 1 aliphatic heterocycles. The van der Waals surface area contributed by atoms with Crippen molar-refractivity contribution in [2.24, 2.45) is 5.73 Å². The molecule has 1 amide bonds. The zero-order valence-electron chi connectivity index (χ0n) is 10.5. The molecule has 0 bridgehead atoms. The van der Waals surface area contributed by atoms with Crippen LogP contribution in [0.1, 0.15) is 18.4 Å². The average Bonchev–Trinajstić information content (AvgIpc) is 3.08. The smallest absolute Gasteiger partial charge is 0.239 e. The highest BCUT2D eigenvalue weighted by atomic mass is 16.2. The molecule has 1 aromatic carbocycles. The van der Waals surface area contributed by atoms with Gasteiger partial charge in [-0.1, -0.05) is 12.1 Å². The molecule has 0 atom stereocenters. The Hall–Kier alpha value is -1.55. The molecule has 1 saturated heterocycles. The molecule has 0 radical (unpaired) electrons. The van der Waals surface area contributed by atoms with Crippen LogP contribution in [0.4, 0.5) is 5.69 Å². The van der Waals surface area contributed by atoms with Crippen LogP contribution in [0.5, 0.6) is 0 Å². The van der Waals surface area contributed by atoms with Gasteiger partial charge in [-0.3, -0.25) is 4.79 Å². The molecule has 1 saturated carbocycles. The standard InChI is InChI=1S/C14H19N3O/c15-14(5-6-14)9-11-1-3-12(4-2-11)17-8-7-16-13(18)10-17/h1-4H,5-10,15H2,(H,16,18). The highest BCUT2D eigenvalue weighted by molar-refractivity contribution is 5.82. The van der Waals surface area contributed by atoms with Crippen molar-refractivity contribution in [2.45, 2.75) is 24.8 Å². The van der Waals surface area contributed by atoms with Crippen molar-refractivity contribution in [1.29, 1.82) is 0 Å². The van der Waals surface area contributed by atoms with Gasteiger partial charge < -0.3 is 16.0 Å². The van der Waals surface area contributed by atoms with Crippen molar-refractivity contribution in [3.05, 3.63) is 29.8 Å². The Balaban J connectivity index is 1.68. The van der Waals surface area contributed by atoms with Crippen LogP contribution in [-0.2, 0) is 11.2 Å². The van der Waals surface area contributed by atoms with Gasteiger partial charge in [0.15, 0.2) is 0 Å². The van der Waals surface area contributed by atoms with Crippen LogP contribution in [0, 0.1) is 0 Å². The Kier molecular flexibility index (Phi) is 2.74. The lowest BCUT2D eigenvalue weighted by Gasteiger charge is -2.28. The summed E-state index contributed by atoms with van der Waals surface area (Å²) < 4.78 is 0. The average molecular weight is 245 g/mol. The van der Waals surface area contributed by atoms with Gasteiger partial charge in [-0.15, -0.1) is 0 Å². The van der Waals surface area contributed by atoms with Gasteiger partial charge in [0.25, 0.3) is 0 Å². The highest BCUT2D eigenvalue weighted by Crippen LogP contribution is 2.35. The topological polar surface area (TPSA) is 58.4 Å². The predicted molar refractivity (Wildman–Crippen MR) is 71.5 cm³/mol. The van der Waals surface area contributed by atoms with Gasteiger partial charge in [0.05, 0.1) is 6.54 Å². The number of carbonyl (C=O) groups is 1. The van der Waals surface area contributed by atoms with Crippen molar-refractivity contribution in [2.75, 3.05) is 24.5 Å². The van der Waals surface area contributed by atoms with Crippen LogP contribution in [0.3, 0.4) is 0 Å². The molecular weight excluding hydrogens is 226 g/mol. The molecule has 1 aliphatic carbocycles. The zero-order valence-corrected chi connectivity index (χ0v) is 10.5. The first-order valence-corrected chi connectivity index (χ1v) is 6.54. The highest BCUT2D eigenvalue weighted by Gasteiger charge is 2.37. The third-order valence-electron chi connectivity index (χ3n) is 3.79. The number of hydrogen-bond donors (Lipinski definition) is 2. The van der Waals surface area contributed by atoms with E-state index in [9.17, 15) is 4.79 Å². The summed E-state index contributed by atoms with van der Waals surface area (Å²) in [6.45, 7) is 2.07. The molecule has 4 nitrogen and oxygen atoms in total. The molecule has 2 fully saturated rings. The maximum atomic E-state index is 11.3. The van der Waals surface area contributed by atoms with E-state index in [1.165, 1.54) is 5.56 Å². The van der Waals surface area contributed by atoms with Crippen LogP contribution < -0.4 is 16.0 Å². The molecule has 4 heteroatoms. The second-order valence-electron chi connectivity index (χ2n) is 5.48. The van der Waals surface area contributed by atoms with E-state index in [-0.39, 0.29) is 11.4 Å². The summed E-state index contributed by atoms with van der Waals surface area (Å²) in [4.78, 5) is 13.4. The number of amides is 1. The molecule has 0 spiro atoms. The number of benzene rings is 1. The maximum absolute atomic E-state index is 11.3. The minimum atomic E-state index is 0.0620. The van der Waals surface area contributed by atoms with Crippen LogP contribution in [0.2, 0.25) is 0 Å². The summed E-state index contributed by atoms with van der Waals surface area (Å²) >= 11 is 0. The molecule has 0 unspecified atom stereocenters. The van der Waals surface area contributed by atoms with Gasteiger partial charge >= 0.3 is 0 Å². The molecular formula is C14H19N3O. The van der Waals surface area contributed by atoms with Crippen molar-refractivity contribution >= 4 is 11.6 Å². The summed E-state index contributed by atoms with van der Waals surface area (Å²) in [5.74, 6) is 0.101. The van der Waals surface area contributed by atoms with Crippen molar-refractivity contribution < 1.29 is 4.79 Å². The molecule has 0 aromatic heterocycles. The number of piperazine rings is 1. The Bertz CT molecular complexity index is 451. The third-order valence-corrected chi connectivity index (χ3v) is 3.79. The third kappa shape index (κ3) is 2.48. The van der Waals surface area contributed by atoms with E-state index in [0.29, 0.717) is 6.54 Å². The number of nitrogens with zero attached hydrogens (tertiary/aromatic N) is 1. The fraction of sp³-hybridized carbons (Fsp3) is 0.500. The molecule has 3 N–H and O–H groups in total. The zero-order chi connectivity index (χ0) is 12.6. The van der Waals surface area contributed by atoms with E-state index in [1.807, 2.05) is 0 Å². The van der Waals surface area contributed by atoms with Gasteiger partial charge in [-0.25, -0.2) is 0 Å². The minimum absolute atomic E-state index is 0.0620. The second-order valence-corrected chi connectivity index (χ2v) is 5.48. The van der Waals surface area contributed by atoms with Crippen LogP contribution >= 0.6 is 0 Å². The van der Waals surface area contributed by atoms with E-state index >= 15 is 0 Å². The summed E-state index contributed by atoms with van der Waals surface area (Å²) in [5.41, 5.74) is 8.59. The van der Waals surface area contributed by atoms with E-state index in [0.717, 1.165) is 38.0 Å². The number of rotatable bonds is 3. The SMILES string of the molecule is NC1(Cc2ccc(N3CCNC(=O)C3)cc2)CC1. The van der Waals surface area contributed by atoms with Gasteiger partial charge in [0.2, 0.25) is 5.91 Å². The lowest BCUT2D eigenvalue weighted by molar-refractivity contribution is -0.120. The largest absolute Gasteiger partial charge is 0.360 e. The van der Waals surface area contributed by atoms with Crippen molar-refractivity contribution in [1.82, 2.24) is 5.32 Å². The fourth-order valence-electron chi connectivity index (χ4n) is 2.43. The summed E-state index contributed by atoms with van der Waals surface area (Å²) in [7, 11) is 0. The Morgan fingerprint density at radius 2 is 2.00 bits per heavy atom. The summed E-state index contributed by atoms with van der Waals surface area (Å²) in [5, 5.41) is 2.84. The fourth-order valence-corrected chi connectivity index (χ4v) is 2.43. The van der Waals surface area contributed by atoms with Crippen molar-refractivity contribution in [3.63, 3.8) is 0 Å². The molecule has 1 aromatic rings. The lowest BCUT2D eigenvalue weighted by Crippen LogP contribution is -2.47. The first-order chi connectivity index (χ1) is 8.65. The molecule has 1 heterocycles. The molecule has 18 heavy (non-hydrogen) atoms. The number of hydrogen-bond acceptors (Lipinski definition) is 3. The van der Waals surface area contributed by atoms with E-state index in [2.05, 4.69) is 34.5 Å². The second kappa shape index (κ2) is 4.28. The minimum Gasteiger partial charge on any atom is -0.360 e. The van der Waals surface area contributed by atoms with E-state index < -0.39 is 0 Å². The Morgan fingerprint density at radius 1 is 1.28 bits per heavy atom. The van der Waals surface area contributed by atoms with Crippen LogP contribution in [0.25, 0.3) is 0 Å². The van der Waals surface area contributed by atoms with Gasteiger partial charge in [0.1, 0.15) is 0 Å². The van der Waals surface area contributed by atoms with Crippen LogP contribution in [-0.4, -0.2) is 31.1 Å². The number of nitrogens with one attached hydrogen (secondary N) is 1. The van der Waals surface area contributed by atoms with E-state index in [4.69, 9.17) is 5.73 Å². The number of nitrogens with two attached hydrogens (primary N) is 1. The van der Waals surface area contributed by atoms with Gasteiger partial charge in [0, 0.05) is 24.3 Å². The number of carbonyl (C=O) groups excluding carboxylic acids is 1. The predicted octanol–water partition coefficient (Wildman–Crippen LogP) is 0.657. The molecule has 96 valence electrons. The summed E-state index contributed by atoms with van der Waals surface area (Å²) in [6, 6.07) is 8.46. The summed E-state index contributed by atoms with van der Waals surface area (Å²) in [6.07, 6.45) is 3.25. The Morgan fingerprint density at radius 3 is 2.61 bits per heavy atom. The molecule has 3 rings (SSSR count). The Labute approximate surface area is 107 Å². The van der Waals surface area contributed by atoms with Crippen molar-refractivity contribution in [3.8, 4) is 0 Å². The normalized spacial score (nSPS) is 21.6.